The summed E-state index contributed by atoms with van der Waals surface area (Å²) in [5, 5.41) is 3.38. The molecule has 2 unspecified atom stereocenters. The van der Waals surface area contributed by atoms with Crippen LogP contribution >= 0.6 is 0 Å². The molecule has 1 aliphatic heterocycles. The Morgan fingerprint density at radius 3 is 2.95 bits per heavy atom. The third kappa shape index (κ3) is 4.56. The topological polar surface area (TPSA) is 58.4 Å². The molecule has 1 heterocycles. The van der Waals surface area contributed by atoms with Gasteiger partial charge in [-0.15, -0.1) is 0 Å². The minimum Gasteiger partial charge on any atom is -0.338 e. The van der Waals surface area contributed by atoms with Crippen molar-refractivity contribution in [3.8, 4) is 0 Å². The zero-order valence-corrected chi connectivity index (χ0v) is 12.1. The van der Waals surface area contributed by atoms with Crippen molar-refractivity contribution in [1.82, 2.24) is 10.2 Å². The molecule has 0 aromatic carbocycles. The zero-order valence-electron chi connectivity index (χ0n) is 12.1. The number of halogens is 1. The Kier molecular flexibility index (Phi) is 5.98. The molecule has 0 saturated carbocycles. The summed E-state index contributed by atoms with van der Waals surface area (Å²) in [6, 6.07) is -0.501. The van der Waals surface area contributed by atoms with Crippen LogP contribution in [0.5, 0.6) is 0 Å². The second-order valence-corrected chi connectivity index (χ2v) is 5.92. The van der Waals surface area contributed by atoms with Gasteiger partial charge in [0.25, 0.3) is 0 Å². The number of nitrogens with two attached hydrogens (primary N) is 1. The predicted molar refractivity (Wildman–Crippen MR) is 78.0 cm³/mol. The predicted octanol–water partition coefficient (Wildman–Crippen LogP) is 1.22. The molecule has 0 aromatic heterocycles. The van der Waals surface area contributed by atoms with Gasteiger partial charge in [-0.25, -0.2) is 4.39 Å². The number of nitrogens with one attached hydrogen (secondary N) is 1. The van der Waals surface area contributed by atoms with E-state index in [1.54, 1.807) is 4.90 Å². The molecule has 1 fully saturated rings. The quantitative estimate of drug-likeness (QED) is 0.569. The first-order valence-corrected chi connectivity index (χ1v) is 7.71. The van der Waals surface area contributed by atoms with Crippen LogP contribution in [0.15, 0.2) is 12.2 Å². The summed E-state index contributed by atoms with van der Waals surface area (Å²) in [7, 11) is 0. The van der Waals surface area contributed by atoms with Crippen LogP contribution in [0.4, 0.5) is 4.39 Å². The largest absolute Gasteiger partial charge is 0.338 e. The van der Waals surface area contributed by atoms with E-state index in [1.807, 2.05) is 0 Å². The molecule has 2 rings (SSSR count). The van der Waals surface area contributed by atoms with E-state index in [0.717, 1.165) is 19.5 Å². The lowest BCUT2D eigenvalue weighted by Crippen LogP contribution is -2.44. The van der Waals surface area contributed by atoms with Crippen LogP contribution in [0.3, 0.4) is 0 Å². The van der Waals surface area contributed by atoms with Crippen molar-refractivity contribution >= 4 is 5.91 Å². The van der Waals surface area contributed by atoms with E-state index < -0.39 is 12.2 Å². The number of carbonyl (C=O) groups is 1. The number of hydrogen-bond donors (Lipinski definition) is 2. The van der Waals surface area contributed by atoms with Gasteiger partial charge in [0, 0.05) is 6.54 Å². The molecular weight excluding hydrogens is 257 g/mol. The maximum absolute atomic E-state index is 13.1. The van der Waals surface area contributed by atoms with E-state index in [0.29, 0.717) is 25.3 Å². The van der Waals surface area contributed by atoms with E-state index >= 15 is 0 Å². The van der Waals surface area contributed by atoms with Crippen LogP contribution in [0.2, 0.25) is 0 Å². The summed E-state index contributed by atoms with van der Waals surface area (Å²) in [5.41, 5.74) is 5.90. The molecule has 5 heteroatoms. The Hall–Kier alpha value is -0.940. The fraction of sp³-hybridized carbons (Fsp3) is 0.800. The Labute approximate surface area is 120 Å². The molecule has 0 aromatic rings. The Balaban J connectivity index is 1.58. The summed E-state index contributed by atoms with van der Waals surface area (Å²) in [6.07, 6.45) is 8.22. The van der Waals surface area contributed by atoms with E-state index in [2.05, 4.69) is 17.5 Å². The molecule has 3 N–H and O–H groups in total. The lowest BCUT2D eigenvalue weighted by atomic mass is 9.94. The standard InChI is InChI=1S/C15H26FN3O/c16-13-7-9-19(11-13)15(20)14(17)6-8-18-10-12-4-2-1-3-5-12/h1-2,12-14,18H,3-11,17H2/t12?,13?,14-/m0/s1. The molecule has 0 bridgehead atoms. The summed E-state index contributed by atoms with van der Waals surface area (Å²) in [5.74, 6) is 0.602. The number of carbonyl (C=O) groups excluding carboxylic acids is 1. The first kappa shape index (κ1) is 15.4. The number of likely N-dealkylation sites (tertiary alicyclic amines) is 1. The highest BCUT2D eigenvalue weighted by Gasteiger charge is 2.28. The SMILES string of the molecule is N[C@@H](CCNCC1CC=CCC1)C(=O)N1CCC(F)C1. The van der Waals surface area contributed by atoms with Crippen molar-refractivity contribution in [3.05, 3.63) is 12.2 Å². The van der Waals surface area contributed by atoms with Gasteiger partial charge in [0.1, 0.15) is 6.17 Å². The number of amides is 1. The van der Waals surface area contributed by atoms with Crippen molar-refractivity contribution in [1.29, 1.82) is 0 Å². The third-order valence-electron chi connectivity index (χ3n) is 4.20. The van der Waals surface area contributed by atoms with Crippen molar-refractivity contribution in [3.63, 3.8) is 0 Å². The number of nitrogens with zero attached hydrogens (tertiary/aromatic N) is 1. The average molecular weight is 283 g/mol. The lowest BCUT2D eigenvalue weighted by molar-refractivity contribution is -0.131. The van der Waals surface area contributed by atoms with Crippen molar-refractivity contribution in [2.24, 2.45) is 11.7 Å². The minimum atomic E-state index is -0.872. The number of allylic oxidation sites excluding steroid dienone is 2. The van der Waals surface area contributed by atoms with Gasteiger partial charge >= 0.3 is 0 Å². The first-order chi connectivity index (χ1) is 9.66. The van der Waals surface area contributed by atoms with E-state index in [9.17, 15) is 9.18 Å². The number of rotatable bonds is 6. The molecule has 1 amide bonds. The molecule has 1 saturated heterocycles. The average Bonchev–Trinajstić information content (AvgIpc) is 2.90. The highest BCUT2D eigenvalue weighted by molar-refractivity contribution is 5.81. The first-order valence-electron chi connectivity index (χ1n) is 7.71. The van der Waals surface area contributed by atoms with Crippen LogP contribution in [-0.2, 0) is 4.79 Å². The van der Waals surface area contributed by atoms with Gasteiger partial charge in [-0.1, -0.05) is 12.2 Å². The maximum Gasteiger partial charge on any atom is 0.239 e. The molecule has 114 valence electrons. The molecule has 4 nitrogen and oxygen atoms in total. The Bertz CT molecular complexity index is 348. The fourth-order valence-corrected chi connectivity index (χ4v) is 2.88. The van der Waals surface area contributed by atoms with Gasteiger partial charge in [0.2, 0.25) is 5.91 Å². The van der Waals surface area contributed by atoms with E-state index in [-0.39, 0.29) is 12.5 Å². The van der Waals surface area contributed by atoms with E-state index in [4.69, 9.17) is 5.73 Å². The van der Waals surface area contributed by atoms with Crippen molar-refractivity contribution in [2.75, 3.05) is 26.2 Å². The molecule has 20 heavy (non-hydrogen) atoms. The lowest BCUT2D eigenvalue weighted by Gasteiger charge is -2.21. The van der Waals surface area contributed by atoms with Crippen LogP contribution in [-0.4, -0.2) is 49.2 Å². The summed E-state index contributed by atoms with van der Waals surface area (Å²) >= 11 is 0. The van der Waals surface area contributed by atoms with E-state index in [1.165, 1.54) is 12.8 Å². The van der Waals surface area contributed by atoms with Gasteiger partial charge < -0.3 is 16.0 Å². The van der Waals surface area contributed by atoms with Crippen molar-refractivity contribution < 1.29 is 9.18 Å². The monoisotopic (exact) mass is 283 g/mol. The van der Waals surface area contributed by atoms with Crippen LogP contribution in [0.25, 0.3) is 0 Å². The zero-order chi connectivity index (χ0) is 14.4. The van der Waals surface area contributed by atoms with Gasteiger partial charge in [0.05, 0.1) is 12.6 Å². The highest BCUT2D eigenvalue weighted by atomic mass is 19.1. The third-order valence-corrected chi connectivity index (χ3v) is 4.20. The highest BCUT2D eigenvalue weighted by Crippen LogP contribution is 2.17. The molecular formula is C15H26FN3O. The summed E-state index contributed by atoms with van der Waals surface area (Å²) in [4.78, 5) is 13.5. The summed E-state index contributed by atoms with van der Waals surface area (Å²) in [6.45, 7) is 2.46. The summed E-state index contributed by atoms with van der Waals surface area (Å²) < 4.78 is 13.1. The van der Waals surface area contributed by atoms with Gasteiger partial charge in [-0.3, -0.25) is 4.79 Å². The Morgan fingerprint density at radius 2 is 2.30 bits per heavy atom. The molecule has 0 radical (unpaired) electrons. The molecule has 0 spiro atoms. The van der Waals surface area contributed by atoms with Crippen LogP contribution < -0.4 is 11.1 Å². The van der Waals surface area contributed by atoms with Gasteiger partial charge in [-0.05, 0) is 51.1 Å². The normalized spacial score (nSPS) is 27.8. The number of hydrogen-bond acceptors (Lipinski definition) is 3. The van der Waals surface area contributed by atoms with Crippen LogP contribution in [0, 0.1) is 5.92 Å². The maximum atomic E-state index is 13.1. The molecule has 3 atom stereocenters. The van der Waals surface area contributed by atoms with Crippen molar-refractivity contribution in [2.45, 2.75) is 44.3 Å². The molecule has 2 aliphatic rings. The smallest absolute Gasteiger partial charge is 0.239 e. The second-order valence-electron chi connectivity index (χ2n) is 5.92. The fourth-order valence-electron chi connectivity index (χ4n) is 2.88. The van der Waals surface area contributed by atoms with Crippen LogP contribution in [0.1, 0.15) is 32.1 Å². The van der Waals surface area contributed by atoms with Gasteiger partial charge in [-0.2, -0.15) is 0 Å². The molecule has 1 aliphatic carbocycles. The number of alkyl halides is 1. The second kappa shape index (κ2) is 7.74. The van der Waals surface area contributed by atoms with Gasteiger partial charge in [0.15, 0.2) is 0 Å². The minimum absolute atomic E-state index is 0.104. The Morgan fingerprint density at radius 1 is 1.45 bits per heavy atom.